The third kappa shape index (κ3) is 2.67. The van der Waals surface area contributed by atoms with Gasteiger partial charge >= 0.3 is 0 Å². The van der Waals surface area contributed by atoms with Crippen LogP contribution >= 0.6 is 11.6 Å². The van der Waals surface area contributed by atoms with Crippen molar-refractivity contribution >= 4 is 17.4 Å². The molecule has 2 aromatic rings. The van der Waals surface area contributed by atoms with Crippen molar-refractivity contribution in [2.45, 2.75) is 20.0 Å². The van der Waals surface area contributed by atoms with Crippen LogP contribution in [0, 0.1) is 11.3 Å². The van der Waals surface area contributed by atoms with Crippen LogP contribution in [0.25, 0.3) is 11.1 Å². The molecule has 1 aromatic carbocycles. The maximum atomic E-state index is 9.08. The highest BCUT2D eigenvalue weighted by Gasteiger charge is 2.12. The standard InChI is InChI=1S/C14H14ClN3O/c1-8(2)19-13-4-3-9(5-12(13)15)11-7-18-14(17)10(11)6-16/h3-5,7-8,18H,17H2,1-2H3. The number of H-pyrrole nitrogens is 1. The van der Waals surface area contributed by atoms with Crippen molar-refractivity contribution in [3.63, 3.8) is 0 Å². The fourth-order valence-electron chi connectivity index (χ4n) is 1.81. The van der Waals surface area contributed by atoms with E-state index in [1.807, 2.05) is 19.9 Å². The van der Waals surface area contributed by atoms with Crippen molar-refractivity contribution in [1.82, 2.24) is 4.98 Å². The summed E-state index contributed by atoms with van der Waals surface area (Å²) < 4.78 is 5.57. The van der Waals surface area contributed by atoms with E-state index < -0.39 is 0 Å². The zero-order chi connectivity index (χ0) is 14.0. The lowest BCUT2D eigenvalue weighted by Crippen LogP contribution is -2.05. The predicted molar refractivity (Wildman–Crippen MR) is 76.1 cm³/mol. The number of nitrogens with zero attached hydrogens (tertiary/aromatic N) is 1. The molecular weight excluding hydrogens is 262 g/mol. The molecule has 0 atom stereocenters. The lowest BCUT2D eigenvalue weighted by atomic mass is 10.0. The highest BCUT2D eigenvalue weighted by atomic mass is 35.5. The van der Waals surface area contributed by atoms with E-state index >= 15 is 0 Å². The molecule has 19 heavy (non-hydrogen) atoms. The number of halogens is 1. The quantitative estimate of drug-likeness (QED) is 0.899. The van der Waals surface area contributed by atoms with Gasteiger partial charge in [-0.1, -0.05) is 17.7 Å². The fraction of sp³-hybridized carbons (Fsp3) is 0.214. The van der Waals surface area contributed by atoms with Crippen molar-refractivity contribution < 1.29 is 4.74 Å². The maximum absolute atomic E-state index is 9.08. The molecule has 0 unspecified atom stereocenters. The number of ether oxygens (including phenoxy) is 1. The van der Waals surface area contributed by atoms with Crippen molar-refractivity contribution in [2.75, 3.05) is 5.73 Å². The Morgan fingerprint density at radius 2 is 2.16 bits per heavy atom. The first-order valence-corrected chi connectivity index (χ1v) is 6.24. The average Bonchev–Trinajstić information content (AvgIpc) is 2.72. The minimum absolute atomic E-state index is 0.0564. The number of nitrogens with two attached hydrogens (primary N) is 1. The lowest BCUT2D eigenvalue weighted by molar-refractivity contribution is 0.242. The summed E-state index contributed by atoms with van der Waals surface area (Å²) in [5, 5.41) is 9.59. The Balaban J connectivity index is 2.42. The smallest absolute Gasteiger partial charge is 0.138 e. The van der Waals surface area contributed by atoms with Crippen molar-refractivity contribution in [2.24, 2.45) is 0 Å². The molecule has 0 saturated heterocycles. The van der Waals surface area contributed by atoms with Crippen LogP contribution in [0.2, 0.25) is 5.02 Å². The second kappa shape index (κ2) is 5.25. The Morgan fingerprint density at radius 1 is 1.42 bits per heavy atom. The topological polar surface area (TPSA) is 74.8 Å². The Bertz CT molecular complexity index is 641. The first-order valence-electron chi connectivity index (χ1n) is 5.86. The van der Waals surface area contributed by atoms with E-state index in [1.165, 1.54) is 0 Å². The summed E-state index contributed by atoms with van der Waals surface area (Å²) in [5.74, 6) is 0.985. The van der Waals surface area contributed by atoms with Gasteiger partial charge in [-0.2, -0.15) is 5.26 Å². The van der Waals surface area contributed by atoms with Gasteiger partial charge < -0.3 is 15.5 Å². The highest BCUT2D eigenvalue weighted by Crippen LogP contribution is 2.33. The number of aromatic amines is 1. The molecule has 0 aliphatic heterocycles. The minimum atomic E-state index is 0.0564. The summed E-state index contributed by atoms with van der Waals surface area (Å²) in [5.41, 5.74) is 7.67. The van der Waals surface area contributed by atoms with Crippen molar-refractivity contribution in [3.8, 4) is 22.9 Å². The SMILES string of the molecule is CC(C)Oc1ccc(-c2c[nH]c(N)c2C#N)cc1Cl. The molecule has 4 nitrogen and oxygen atoms in total. The van der Waals surface area contributed by atoms with E-state index in [0.717, 1.165) is 11.1 Å². The van der Waals surface area contributed by atoms with Crippen LogP contribution in [-0.4, -0.2) is 11.1 Å². The van der Waals surface area contributed by atoms with Crippen LogP contribution in [-0.2, 0) is 0 Å². The molecule has 5 heteroatoms. The molecule has 0 bridgehead atoms. The summed E-state index contributed by atoms with van der Waals surface area (Å²) in [4.78, 5) is 2.83. The number of anilines is 1. The number of nitrogens with one attached hydrogen (secondary N) is 1. The molecule has 2 rings (SSSR count). The minimum Gasteiger partial charge on any atom is -0.489 e. The molecule has 0 radical (unpaired) electrons. The second-order valence-corrected chi connectivity index (χ2v) is 4.82. The molecular formula is C14H14ClN3O. The molecule has 0 amide bonds. The molecule has 0 aliphatic carbocycles. The summed E-state index contributed by atoms with van der Waals surface area (Å²) in [7, 11) is 0. The number of nitrogen functional groups attached to an aromatic ring is 1. The van der Waals surface area contributed by atoms with Crippen LogP contribution in [0.1, 0.15) is 19.4 Å². The number of aromatic nitrogens is 1. The zero-order valence-electron chi connectivity index (χ0n) is 10.7. The van der Waals surface area contributed by atoms with Crippen molar-refractivity contribution in [3.05, 3.63) is 35.0 Å². The maximum Gasteiger partial charge on any atom is 0.138 e. The van der Waals surface area contributed by atoms with Gasteiger partial charge in [0.25, 0.3) is 0 Å². The molecule has 0 saturated carbocycles. The highest BCUT2D eigenvalue weighted by molar-refractivity contribution is 6.32. The number of rotatable bonds is 3. The van der Waals surface area contributed by atoms with Gasteiger partial charge in [0.05, 0.1) is 11.1 Å². The number of nitriles is 1. The van der Waals surface area contributed by atoms with Gasteiger partial charge in [0.1, 0.15) is 23.2 Å². The first kappa shape index (κ1) is 13.3. The second-order valence-electron chi connectivity index (χ2n) is 4.41. The molecule has 1 aromatic heterocycles. The van der Waals surface area contributed by atoms with Gasteiger partial charge in [0.15, 0.2) is 0 Å². The summed E-state index contributed by atoms with van der Waals surface area (Å²) in [6, 6.07) is 7.49. The molecule has 0 aliphatic rings. The van der Waals surface area contributed by atoms with Gasteiger partial charge in [0, 0.05) is 11.8 Å². The molecule has 0 fully saturated rings. The third-order valence-electron chi connectivity index (χ3n) is 2.63. The summed E-state index contributed by atoms with van der Waals surface area (Å²) in [6.45, 7) is 3.87. The predicted octanol–water partition coefficient (Wildman–Crippen LogP) is 3.58. The molecule has 3 N–H and O–H groups in total. The Kier molecular flexibility index (Phi) is 3.68. The summed E-state index contributed by atoms with van der Waals surface area (Å²) in [6.07, 6.45) is 1.75. The average molecular weight is 276 g/mol. The van der Waals surface area contributed by atoms with E-state index in [2.05, 4.69) is 11.1 Å². The zero-order valence-corrected chi connectivity index (χ0v) is 11.5. The van der Waals surface area contributed by atoms with Gasteiger partial charge in [-0.15, -0.1) is 0 Å². The molecule has 0 spiro atoms. The Labute approximate surface area is 116 Å². The van der Waals surface area contributed by atoms with Gasteiger partial charge in [-0.3, -0.25) is 0 Å². The molecule has 98 valence electrons. The van der Waals surface area contributed by atoms with Gasteiger partial charge in [-0.05, 0) is 31.5 Å². The van der Waals surface area contributed by atoms with E-state index in [0.29, 0.717) is 22.2 Å². The number of hydrogen-bond acceptors (Lipinski definition) is 3. The van der Waals surface area contributed by atoms with Crippen LogP contribution in [0.4, 0.5) is 5.82 Å². The number of hydrogen-bond donors (Lipinski definition) is 2. The monoisotopic (exact) mass is 275 g/mol. The fourth-order valence-corrected chi connectivity index (χ4v) is 2.03. The lowest BCUT2D eigenvalue weighted by Gasteiger charge is -2.12. The van der Waals surface area contributed by atoms with E-state index in [4.69, 9.17) is 27.3 Å². The number of benzene rings is 1. The van der Waals surface area contributed by atoms with E-state index in [-0.39, 0.29) is 6.10 Å². The van der Waals surface area contributed by atoms with Crippen LogP contribution in [0.15, 0.2) is 24.4 Å². The van der Waals surface area contributed by atoms with Crippen LogP contribution in [0.3, 0.4) is 0 Å². The van der Waals surface area contributed by atoms with Gasteiger partial charge in [-0.25, -0.2) is 0 Å². The third-order valence-corrected chi connectivity index (χ3v) is 2.92. The largest absolute Gasteiger partial charge is 0.489 e. The Hall–Kier alpha value is -2.12. The van der Waals surface area contributed by atoms with Crippen LogP contribution < -0.4 is 10.5 Å². The molecule has 1 heterocycles. The van der Waals surface area contributed by atoms with Gasteiger partial charge in [0.2, 0.25) is 0 Å². The van der Waals surface area contributed by atoms with Crippen molar-refractivity contribution in [1.29, 1.82) is 5.26 Å². The van der Waals surface area contributed by atoms with E-state index in [9.17, 15) is 0 Å². The normalized spacial score (nSPS) is 10.5. The Morgan fingerprint density at radius 3 is 2.74 bits per heavy atom. The van der Waals surface area contributed by atoms with E-state index in [1.54, 1.807) is 18.3 Å². The first-order chi connectivity index (χ1) is 9.02. The summed E-state index contributed by atoms with van der Waals surface area (Å²) >= 11 is 6.18. The van der Waals surface area contributed by atoms with Crippen LogP contribution in [0.5, 0.6) is 5.75 Å².